The van der Waals surface area contributed by atoms with Crippen molar-refractivity contribution in [2.75, 3.05) is 17.7 Å². The molecule has 1 atom stereocenters. The molecule has 1 unspecified atom stereocenters. The van der Waals surface area contributed by atoms with E-state index >= 15 is 0 Å². The lowest BCUT2D eigenvalue weighted by Gasteiger charge is -2.15. The summed E-state index contributed by atoms with van der Waals surface area (Å²) < 4.78 is 1.91. The molecule has 2 N–H and O–H groups in total. The van der Waals surface area contributed by atoms with Gasteiger partial charge in [-0.05, 0) is 24.4 Å². The van der Waals surface area contributed by atoms with Gasteiger partial charge in [0, 0.05) is 25.5 Å². The minimum atomic E-state index is 0.220. The summed E-state index contributed by atoms with van der Waals surface area (Å²) in [7, 11) is 1.83. The zero-order chi connectivity index (χ0) is 13.9. The van der Waals surface area contributed by atoms with E-state index in [1.165, 1.54) is 0 Å². The fourth-order valence-electron chi connectivity index (χ4n) is 2.05. The van der Waals surface area contributed by atoms with Crippen LogP contribution in [0.25, 0.3) is 10.2 Å². The van der Waals surface area contributed by atoms with E-state index in [0.29, 0.717) is 5.95 Å². The van der Waals surface area contributed by atoms with E-state index in [9.17, 15) is 0 Å². The first kappa shape index (κ1) is 12.9. The maximum Gasteiger partial charge on any atom is 0.225 e. The van der Waals surface area contributed by atoms with Gasteiger partial charge < -0.3 is 10.6 Å². The lowest BCUT2D eigenvalue weighted by Crippen LogP contribution is -2.23. The first-order valence-corrected chi connectivity index (χ1v) is 7.31. The second kappa shape index (κ2) is 5.46. The zero-order valence-corrected chi connectivity index (χ0v) is 12.2. The van der Waals surface area contributed by atoms with Gasteiger partial charge in [-0.1, -0.05) is 0 Å². The standard InChI is InChI=1S/C13H16N6S/c1-9(8-19-6-3-5-15-19)16-11-10-4-7-20-12(10)18-13(14-2)17-11/h3-7,9H,8H2,1-2H3,(H2,14,16,17,18). The Hall–Kier alpha value is -2.15. The van der Waals surface area contributed by atoms with Gasteiger partial charge in [0.05, 0.1) is 11.9 Å². The number of nitrogens with one attached hydrogen (secondary N) is 2. The minimum absolute atomic E-state index is 0.220. The van der Waals surface area contributed by atoms with E-state index < -0.39 is 0 Å². The number of hydrogen-bond donors (Lipinski definition) is 2. The van der Waals surface area contributed by atoms with Crippen LogP contribution in [-0.4, -0.2) is 32.8 Å². The topological polar surface area (TPSA) is 67.7 Å². The Morgan fingerprint density at radius 3 is 3.05 bits per heavy atom. The van der Waals surface area contributed by atoms with Gasteiger partial charge in [0.1, 0.15) is 10.6 Å². The molecule has 0 aliphatic heterocycles. The van der Waals surface area contributed by atoms with Gasteiger partial charge in [-0.3, -0.25) is 4.68 Å². The van der Waals surface area contributed by atoms with Crippen molar-refractivity contribution in [3.8, 4) is 0 Å². The average Bonchev–Trinajstić information content (AvgIpc) is 3.09. The second-order valence-electron chi connectivity index (χ2n) is 4.56. The third kappa shape index (κ3) is 2.57. The smallest absolute Gasteiger partial charge is 0.225 e. The third-order valence-electron chi connectivity index (χ3n) is 2.95. The zero-order valence-electron chi connectivity index (χ0n) is 11.4. The summed E-state index contributed by atoms with van der Waals surface area (Å²) in [6.07, 6.45) is 3.74. The van der Waals surface area contributed by atoms with Crippen molar-refractivity contribution >= 4 is 33.3 Å². The quantitative estimate of drug-likeness (QED) is 0.754. The molecule has 6 nitrogen and oxygen atoms in total. The monoisotopic (exact) mass is 288 g/mol. The van der Waals surface area contributed by atoms with E-state index in [1.54, 1.807) is 17.5 Å². The van der Waals surface area contributed by atoms with Crippen molar-refractivity contribution in [3.05, 3.63) is 29.9 Å². The van der Waals surface area contributed by atoms with Crippen molar-refractivity contribution in [1.29, 1.82) is 0 Å². The van der Waals surface area contributed by atoms with Crippen LogP contribution in [0.4, 0.5) is 11.8 Å². The Labute approximate surface area is 120 Å². The molecule has 3 rings (SSSR count). The summed E-state index contributed by atoms with van der Waals surface area (Å²) in [5, 5.41) is 13.7. The highest BCUT2D eigenvalue weighted by Gasteiger charge is 2.11. The van der Waals surface area contributed by atoms with Gasteiger partial charge >= 0.3 is 0 Å². The van der Waals surface area contributed by atoms with E-state index in [1.807, 2.05) is 35.4 Å². The molecule has 0 aromatic carbocycles. The molecule has 0 aliphatic rings. The van der Waals surface area contributed by atoms with E-state index in [0.717, 1.165) is 22.6 Å². The van der Waals surface area contributed by atoms with Crippen LogP contribution in [0.3, 0.4) is 0 Å². The Bertz CT molecular complexity index is 690. The molecule has 104 valence electrons. The van der Waals surface area contributed by atoms with E-state index in [4.69, 9.17) is 0 Å². The molecule has 0 bridgehead atoms. The molecule has 0 amide bonds. The van der Waals surface area contributed by atoms with Crippen LogP contribution in [0.5, 0.6) is 0 Å². The third-order valence-corrected chi connectivity index (χ3v) is 3.76. The van der Waals surface area contributed by atoms with Crippen molar-refractivity contribution < 1.29 is 0 Å². The van der Waals surface area contributed by atoms with Crippen LogP contribution < -0.4 is 10.6 Å². The summed E-state index contributed by atoms with van der Waals surface area (Å²) in [4.78, 5) is 9.93. The van der Waals surface area contributed by atoms with Gasteiger partial charge in [0.2, 0.25) is 5.95 Å². The summed E-state index contributed by atoms with van der Waals surface area (Å²) >= 11 is 1.61. The maximum absolute atomic E-state index is 4.50. The van der Waals surface area contributed by atoms with Crippen LogP contribution in [0.2, 0.25) is 0 Å². The molecule has 0 saturated carbocycles. The van der Waals surface area contributed by atoms with Crippen LogP contribution in [0.1, 0.15) is 6.92 Å². The number of rotatable bonds is 5. The first-order valence-electron chi connectivity index (χ1n) is 6.43. The highest BCUT2D eigenvalue weighted by atomic mass is 32.1. The normalized spacial score (nSPS) is 12.5. The van der Waals surface area contributed by atoms with Crippen molar-refractivity contribution in [1.82, 2.24) is 19.7 Å². The fourth-order valence-corrected chi connectivity index (χ4v) is 2.81. The number of nitrogens with zero attached hydrogens (tertiary/aromatic N) is 4. The molecule has 0 spiro atoms. The largest absolute Gasteiger partial charge is 0.365 e. The molecule has 3 heterocycles. The van der Waals surface area contributed by atoms with E-state index in [2.05, 4.69) is 32.6 Å². The molecule has 0 radical (unpaired) electrons. The molecule has 0 saturated heterocycles. The molecular formula is C13H16N6S. The maximum atomic E-state index is 4.50. The summed E-state index contributed by atoms with van der Waals surface area (Å²) in [5.74, 6) is 1.49. The lowest BCUT2D eigenvalue weighted by molar-refractivity contribution is 0.560. The number of anilines is 2. The minimum Gasteiger partial charge on any atom is -0.365 e. The number of aromatic nitrogens is 4. The van der Waals surface area contributed by atoms with Crippen LogP contribution in [-0.2, 0) is 6.54 Å². The predicted molar refractivity (Wildman–Crippen MR) is 82.3 cm³/mol. The summed E-state index contributed by atoms with van der Waals surface area (Å²) in [6.45, 7) is 2.90. The fraction of sp³-hybridized carbons (Fsp3) is 0.308. The summed E-state index contributed by atoms with van der Waals surface area (Å²) in [6, 6.07) is 4.19. The molecular weight excluding hydrogens is 272 g/mol. The van der Waals surface area contributed by atoms with Crippen molar-refractivity contribution in [2.45, 2.75) is 19.5 Å². The van der Waals surface area contributed by atoms with Crippen LogP contribution >= 0.6 is 11.3 Å². The number of fused-ring (bicyclic) bond motifs is 1. The first-order chi connectivity index (χ1) is 9.76. The molecule has 0 fully saturated rings. The number of hydrogen-bond acceptors (Lipinski definition) is 6. The molecule has 7 heteroatoms. The molecule has 20 heavy (non-hydrogen) atoms. The van der Waals surface area contributed by atoms with Gasteiger partial charge in [0.25, 0.3) is 0 Å². The van der Waals surface area contributed by atoms with Crippen LogP contribution in [0, 0.1) is 0 Å². The highest BCUT2D eigenvalue weighted by Crippen LogP contribution is 2.26. The summed E-state index contributed by atoms with van der Waals surface area (Å²) in [5.41, 5.74) is 0. The van der Waals surface area contributed by atoms with Gasteiger partial charge in [-0.15, -0.1) is 11.3 Å². The molecule has 3 aromatic rings. The van der Waals surface area contributed by atoms with Gasteiger partial charge in [-0.2, -0.15) is 10.1 Å². The van der Waals surface area contributed by atoms with E-state index in [-0.39, 0.29) is 6.04 Å². The molecule has 0 aliphatic carbocycles. The van der Waals surface area contributed by atoms with Crippen LogP contribution in [0.15, 0.2) is 29.9 Å². The van der Waals surface area contributed by atoms with Gasteiger partial charge in [-0.25, -0.2) is 4.98 Å². The number of thiophene rings is 1. The lowest BCUT2D eigenvalue weighted by atomic mass is 10.3. The second-order valence-corrected chi connectivity index (χ2v) is 5.45. The SMILES string of the molecule is CNc1nc(NC(C)Cn2cccn2)c2ccsc2n1. The Kier molecular flexibility index (Phi) is 3.51. The van der Waals surface area contributed by atoms with Crippen molar-refractivity contribution in [2.24, 2.45) is 0 Å². The highest BCUT2D eigenvalue weighted by molar-refractivity contribution is 7.16. The van der Waals surface area contributed by atoms with Crippen molar-refractivity contribution in [3.63, 3.8) is 0 Å². The predicted octanol–water partition coefficient (Wildman–Crippen LogP) is 2.43. The Morgan fingerprint density at radius 2 is 2.30 bits per heavy atom. The average molecular weight is 288 g/mol. The molecule has 3 aromatic heterocycles. The Balaban J connectivity index is 1.84. The Morgan fingerprint density at radius 1 is 1.40 bits per heavy atom. The van der Waals surface area contributed by atoms with Gasteiger partial charge in [0.15, 0.2) is 0 Å².